The number of nitrogens with one attached hydrogen (secondary N) is 3. The molecule has 0 bridgehead atoms. The van der Waals surface area contributed by atoms with E-state index in [9.17, 15) is 27.6 Å². The number of nitrogens with zero attached hydrogens (tertiary/aromatic N) is 2. The van der Waals surface area contributed by atoms with Gasteiger partial charge in [0, 0.05) is 23.9 Å². The second kappa shape index (κ2) is 15.4. The molecule has 5 atom stereocenters. The third-order valence-electron chi connectivity index (χ3n) is 9.48. The normalized spacial score (nSPS) is 21.5. The number of hydrogen-bond donors (Lipinski definition) is 3. The number of benzene rings is 2. The number of pyridine rings is 1. The van der Waals surface area contributed by atoms with Crippen LogP contribution in [0.4, 0.5) is 4.79 Å². The summed E-state index contributed by atoms with van der Waals surface area (Å²) in [6, 6.07) is 10.3. The van der Waals surface area contributed by atoms with Gasteiger partial charge in [-0.15, -0.1) is 6.58 Å². The van der Waals surface area contributed by atoms with Crippen molar-refractivity contribution in [3.8, 4) is 17.4 Å². The van der Waals surface area contributed by atoms with Crippen LogP contribution in [0.5, 0.6) is 17.4 Å². The van der Waals surface area contributed by atoms with Crippen LogP contribution in [-0.4, -0.2) is 92.2 Å². The molecule has 5 rings (SSSR count). The van der Waals surface area contributed by atoms with Crippen molar-refractivity contribution in [1.29, 1.82) is 0 Å². The highest BCUT2D eigenvalue weighted by Gasteiger charge is 2.61. The number of sulfonamides is 1. The van der Waals surface area contributed by atoms with Crippen LogP contribution in [0, 0.1) is 11.3 Å². The molecule has 1 aromatic heterocycles. The summed E-state index contributed by atoms with van der Waals surface area (Å²) in [5.41, 5.74) is -3.35. The summed E-state index contributed by atoms with van der Waals surface area (Å²) in [5, 5.41) is 6.92. The lowest BCUT2D eigenvalue weighted by molar-refractivity contribution is -0.143. The first-order valence-corrected chi connectivity index (χ1v) is 19.2. The van der Waals surface area contributed by atoms with Crippen molar-refractivity contribution >= 4 is 44.6 Å². The van der Waals surface area contributed by atoms with Gasteiger partial charge < -0.3 is 34.5 Å². The van der Waals surface area contributed by atoms with Crippen LogP contribution in [-0.2, 0) is 29.1 Å². The highest BCUT2D eigenvalue weighted by molar-refractivity contribution is 7.90. The highest BCUT2D eigenvalue weighted by atomic mass is 32.2. The average molecular weight is 780 g/mol. The van der Waals surface area contributed by atoms with Gasteiger partial charge in [0.05, 0.1) is 25.7 Å². The van der Waals surface area contributed by atoms with Gasteiger partial charge in [-0.3, -0.25) is 14.4 Å². The van der Waals surface area contributed by atoms with E-state index in [1.54, 1.807) is 73.0 Å². The molecular weight excluding hydrogens is 731 g/mol. The summed E-state index contributed by atoms with van der Waals surface area (Å²) in [6.07, 6.45) is 1.52. The van der Waals surface area contributed by atoms with Gasteiger partial charge in [-0.05, 0) is 86.5 Å². The molecule has 3 N–H and O–H groups in total. The Morgan fingerprint density at radius 2 is 1.64 bits per heavy atom. The van der Waals surface area contributed by atoms with Crippen LogP contribution >= 0.6 is 0 Å². The number of ether oxygens (including phenoxy) is 4. The molecule has 2 heterocycles. The maximum absolute atomic E-state index is 14.5. The molecule has 296 valence electrons. The van der Waals surface area contributed by atoms with Crippen LogP contribution in [0.2, 0.25) is 0 Å². The number of carbonyl (C=O) groups is 4. The van der Waals surface area contributed by atoms with E-state index in [2.05, 4.69) is 26.9 Å². The van der Waals surface area contributed by atoms with Crippen LogP contribution in [0.25, 0.3) is 10.8 Å². The largest absolute Gasteiger partial charge is 0.497 e. The molecule has 2 fully saturated rings. The van der Waals surface area contributed by atoms with Crippen molar-refractivity contribution in [2.75, 3.05) is 20.8 Å². The number of methoxy groups -OCH3 is 2. The predicted octanol–water partition coefficient (Wildman–Crippen LogP) is 4.11. The van der Waals surface area contributed by atoms with Gasteiger partial charge in [0.2, 0.25) is 17.7 Å². The Balaban J connectivity index is 1.45. The summed E-state index contributed by atoms with van der Waals surface area (Å²) in [7, 11) is -1.35. The van der Waals surface area contributed by atoms with Gasteiger partial charge in [-0.2, -0.15) is 0 Å². The Labute approximate surface area is 321 Å². The number of aromatic nitrogens is 1. The fourth-order valence-electron chi connectivity index (χ4n) is 6.49. The zero-order valence-corrected chi connectivity index (χ0v) is 33.1. The highest BCUT2D eigenvalue weighted by Crippen LogP contribution is 2.45. The number of carbonyl (C=O) groups excluding carboxylic acids is 4. The Kier molecular flexibility index (Phi) is 11.4. The molecule has 3 aromatic rings. The van der Waals surface area contributed by atoms with E-state index in [-0.39, 0.29) is 30.2 Å². The van der Waals surface area contributed by atoms with Gasteiger partial charge in [0.25, 0.3) is 15.9 Å². The molecule has 0 spiro atoms. The lowest BCUT2D eigenvalue weighted by atomic mass is 9.85. The van der Waals surface area contributed by atoms with Gasteiger partial charge >= 0.3 is 6.09 Å². The van der Waals surface area contributed by atoms with Gasteiger partial charge in [-0.25, -0.2) is 22.9 Å². The molecule has 16 heteroatoms. The van der Waals surface area contributed by atoms with Crippen LogP contribution in [0.1, 0.15) is 54.4 Å². The molecule has 55 heavy (non-hydrogen) atoms. The summed E-state index contributed by atoms with van der Waals surface area (Å²) in [4.78, 5) is 61.2. The molecular formula is C39H49N5O10S. The third kappa shape index (κ3) is 9.12. The molecule has 2 aromatic carbocycles. The van der Waals surface area contributed by atoms with Crippen molar-refractivity contribution in [3.63, 3.8) is 0 Å². The Morgan fingerprint density at radius 3 is 2.22 bits per heavy atom. The molecule has 4 amide bonds. The number of fused-ring (bicyclic) bond motifs is 1. The lowest BCUT2D eigenvalue weighted by Gasteiger charge is -2.36. The Hall–Kier alpha value is -5.38. The summed E-state index contributed by atoms with van der Waals surface area (Å²) >= 11 is 0. The molecule has 1 unspecified atom stereocenters. The van der Waals surface area contributed by atoms with Crippen LogP contribution in [0.3, 0.4) is 0 Å². The zero-order chi connectivity index (χ0) is 40.5. The van der Waals surface area contributed by atoms with Crippen molar-refractivity contribution in [1.82, 2.24) is 25.2 Å². The smallest absolute Gasteiger partial charge is 0.408 e. The molecule has 1 aliphatic heterocycles. The number of likely N-dealkylation sites (tertiary alicyclic amines) is 1. The van der Waals surface area contributed by atoms with E-state index < -0.39 is 74.5 Å². The second-order valence-electron chi connectivity index (χ2n) is 15.7. The molecule has 1 saturated heterocycles. The predicted molar refractivity (Wildman–Crippen MR) is 203 cm³/mol. The van der Waals surface area contributed by atoms with Gasteiger partial charge in [0.15, 0.2) is 0 Å². The molecule has 0 radical (unpaired) electrons. The second-order valence-corrected chi connectivity index (χ2v) is 17.4. The first kappa shape index (κ1) is 40.8. The van der Waals surface area contributed by atoms with Crippen LogP contribution in [0.15, 0.2) is 72.3 Å². The minimum atomic E-state index is -4.35. The molecule has 2 aliphatic rings. The van der Waals surface area contributed by atoms with Crippen molar-refractivity contribution in [2.45, 2.75) is 88.6 Å². The first-order valence-electron chi connectivity index (χ1n) is 17.8. The average Bonchev–Trinajstić information content (AvgIpc) is 3.67. The van der Waals surface area contributed by atoms with E-state index in [4.69, 9.17) is 18.9 Å². The molecule has 1 aliphatic carbocycles. The zero-order valence-electron chi connectivity index (χ0n) is 32.3. The quantitative estimate of drug-likeness (QED) is 0.224. The van der Waals surface area contributed by atoms with Crippen molar-refractivity contribution < 1.29 is 46.5 Å². The number of amides is 4. The van der Waals surface area contributed by atoms with Gasteiger partial charge in [0.1, 0.15) is 40.8 Å². The van der Waals surface area contributed by atoms with Gasteiger partial charge in [-0.1, -0.05) is 26.8 Å². The lowest BCUT2D eigenvalue weighted by Crippen LogP contribution is -2.60. The molecule has 15 nitrogen and oxygen atoms in total. The minimum Gasteiger partial charge on any atom is -0.497 e. The fourth-order valence-corrected chi connectivity index (χ4v) is 7.52. The van der Waals surface area contributed by atoms with Crippen molar-refractivity contribution in [3.05, 3.63) is 67.4 Å². The topological polar surface area (TPSA) is 192 Å². The maximum Gasteiger partial charge on any atom is 0.408 e. The first-order chi connectivity index (χ1) is 25.7. The number of alkyl carbamates (subject to hydrolysis) is 1. The number of hydrogen-bond acceptors (Lipinski definition) is 11. The molecule has 1 saturated carbocycles. The summed E-state index contributed by atoms with van der Waals surface area (Å²) in [6.45, 7) is 14.1. The van der Waals surface area contributed by atoms with Crippen molar-refractivity contribution in [2.24, 2.45) is 11.3 Å². The van der Waals surface area contributed by atoms with Crippen LogP contribution < -0.4 is 29.6 Å². The van der Waals surface area contributed by atoms with E-state index in [1.165, 1.54) is 42.4 Å². The van der Waals surface area contributed by atoms with E-state index in [1.807, 2.05) is 6.07 Å². The Morgan fingerprint density at radius 1 is 0.982 bits per heavy atom. The third-order valence-corrected chi connectivity index (χ3v) is 10.8. The standard InChI is InChI=1S/C39H49N5O10S/c1-10-24-21-39(24,35(47)43-55(49,50)28-14-11-25(51-8)12-15-28)42-32(45)30-20-27(53-33-29-16-13-26(52-9)19-23(29)17-18-40-33)22-44(30)34(46)31(37(2,3)4)41-36(48)54-38(5,6)7/h10-19,24,27,30-31H,1,20-22H2,2-9H3,(H,41,48)(H,42,45)(H,43,47)/t24-,27?,30+,31-,39-/m1/s1. The summed E-state index contributed by atoms with van der Waals surface area (Å²) in [5.74, 6) is -1.54. The van der Waals surface area contributed by atoms with E-state index >= 15 is 0 Å². The maximum atomic E-state index is 14.5. The van der Waals surface area contributed by atoms with E-state index in [0.717, 1.165) is 5.39 Å². The minimum absolute atomic E-state index is 0.0182. The number of rotatable bonds is 12. The fraction of sp³-hybridized carbons (Fsp3) is 0.462. The summed E-state index contributed by atoms with van der Waals surface area (Å²) < 4.78 is 50.9. The SMILES string of the molecule is C=C[C@@H]1C[C@]1(NC(=O)[C@@H]1CC(Oc2nccc3cc(OC)ccc23)CN1C(=O)[C@@H](NC(=O)OC(C)(C)C)C(C)(C)C)C(=O)NS(=O)(=O)c1ccc(OC)cc1. The Bertz CT molecular complexity index is 2080. The monoisotopic (exact) mass is 779 g/mol. The van der Waals surface area contributed by atoms with E-state index in [0.29, 0.717) is 16.9 Å².